The number of benzene rings is 1. The molecule has 3 aromatic rings. The molecule has 0 spiro atoms. The highest BCUT2D eigenvalue weighted by atomic mass is 32.2. The van der Waals surface area contributed by atoms with E-state index in [9.17, 15) is 23.1 Å². The molecule has 1 aliphatic heterocycles. The van der Waals surface area contributed by atoms with Gasteiger partial charge in [-0.05, 0) is 48.9 Å². The van der Waals surface area contributed by atoms with E-state index in [4.69, 9.17) is 4.42 Å². The summed E-state index contributed by atoms with van der Waals surface area (Å²) < 4.78 is 33.0. The van der Waals surface area contributed by atoms with Gasteiger partial charge in [0, 0.05) is 24.7 Å². The van der Waals surface area contributed by atoms with Crippen LogP contribution in [0.1, 0.15) is 44.2 Å². The van der Waals surface area contributed by atoms with Gasteiger partial charge in [0.05, 0.1) is 12.1 Å². The molecule has 2 amide bonds. The van der Waals surface area contributed by atoms with Gasteiger partial charge < -0.3 is 20.2 Å². The Kier molecular flexibility index (Phi) is 8.49. The molecule has 0 radical (unpaired) electrons. The predicted molar refractivity (Wildman–Crippen MR) is 142 cm³/mol. The third-order valence-corrected chi connectivity index (χ3v) is 8.56. The third kappa shape index (κ3) is 6.23. The van der Waals surface area contributed by atoms with Crippen LogP contribution in [0.4, 0.5) is 0 Å². The Morgan fingerprint density at radius 1 is 1.18 bits per heavy atom. The SMILES string of the molecule is CC(C)C[C@@H](NC(=O)c1cc2ccccc2o1)C(=O)N[C@H]1C(C)CCN(S(=O)(=O)c2ccccn2)C[C@@H]1O. The van der Waals surface area contributed by atoms with Gasteiger partial charge in [0.15, 0.2) is 10.8 Å². The smallest absolute Gasteiger partial charge is 0.287 e. The lowest BCUT2D eigenvalue weighted by Crippen LogP contribution is -2.55. The van der Waals surface area contributed by atoms with Gasteiger partial charge in [-0.1, -0.05) is 45.0 Å². The van der Waals surface area contributed by atoms with Crippen LogP contribution in [0.25, 0.3) is 11.0 Å². The topological polar surface area (TPSA) is 142 Å². The number of nitrogens with one attached hydrogen (secondary N) is 2. The molecule has 1 aromatic carbocycles. The molecule has 11 heteroatoms. The first-order chi connectivity index (χ1) is 18.1. The number of fused-ring (bicyclic) bond motifs is 1. The monoisotopic (exact) mass is 542 g/mol. The molecule has 3 N–H and O–H groups in total. The fraction of sp³-hybridized carbons (Fsp3) is 0.444. The molecule has 1 unspecified atom stereocenters. The van der Waals surface area contributed by atoms with Crippen molar-refractivity contribution in [2.45, 2.75) is 56.8 Å². The van der Waals surface area contributed by atoms with Crippen LogP contribution in [-0.4, -0.2) is 65.9 Å². The minimum atomic E-state index is -3.90. The fourth-order valence-electron chi connectivity index (χ4n) is 4.70. The zero-order valence-corrected chi connectivity index (χ0v) is 22.5. The summed E-state index contributed by atoms with van der Waals surface area (Å²) in [6, 6.07) is 11.9. The molecular weight excluding hydrogens is 508 g/mol. The number of nitrogens with zero attached hydrogens (tertiary/aromatic N) is 2. The van der Waals surface area contributed by atoms with Gasteiger partial charge in [-0.15, -0.1) is 0 Å². The first-order valence-electron chi connectivity index (χ1n) is 12.8. The van der Waals surface area contributed by atoms with E-state index in [2.05, 4.69) is 15.6 Å². The number of carbonyl (C=O) groups is 2. The minimum absolute atomic E-state index is 0.0902. The summed E-state index contributed by atoms with van der Waals surface area (Å²) >= 11 is 0. The van der Waals surface area contributed by atoms with E-state index in [0.29, 0.717) is 18.4 Å². The molecule has 0 aliphatic carbocycles. The molecular formula is C27H34N4O6S. The average Bonchev–Trinajstić information content (AvgIpc) is 3.27. The van der Waals surface area contributed by atoms with Crippen LogP contribution in [0.5, 0.6) is 0 Å². The number of aromatic nitrogens is 1. The maximum absolute atomic E-state index is 13.4. The Hall–Kier alpha value is -3.28. The zero-order valence-electron chi connectivity index (χ0n) is 21.7. The number of carbonyl (C=O) groups excluding carboxylic acids is 2. The van der Waals surface area contributed by atoms with Gasteiger partial charge >= 0.3 is 0 Å². The number of furan rings is 1. The molecule has 3 heterocycles. The molecule has 2 aromatic heterocycles. The van der Waals surface area contributed by atoms with Crippen molar-refractivity contribution in [2.75, 3.05) is 13.1 Å². The van der Waals surface area contributed by atoms with Crippen molar-refractivity contribution >= 4 is 32.8 Å². The van der Waals surface area contributed by atoms with Crippen molar-refractivity contribution in [3.8, 4) is 0 Å². The number of rotatable bonds is 8. The normalized spacial score (nSPS) is 21.7. The highest BCUT2D eigenvalue weighted by Crippen LogP contribution is 2.24. The molecule has 1 saturated heterocycles. The van der Waals surface area contributed by atoms with Crippen molar-refractivity contribution in [1.29, 1.82) is 0 Å². The Balaban J connectivity index is 1.47. The second kappa shape index (κ2) is 11.6. The number of para-hydroxylation sites is 1. The Morgan fingerprint density at radius 3 is 2.61 bits per heavy atom. The fourth-order valence-corrected chi connectivity index (χ4v) is 6.10. The van der Waals surface area contributed by atoms with Gasteiger partial charge in [-0.3, -0.25) is 9.59 Å². The number of pyridine rings is 1. The van der Waals surface area contributed by atoms with Gasteiger partial charge in [-0.25, -0.2) is 13.4 Å². The molecule has 38 heavy (non-hydrogen) atoms. The molecule has 1 fully saturated rings. The van der Waals surface area contributed by atoms with E-state index >= 15 is 0 Å². The van der Waals surface area contributed by atoms with Gasteiger partial charge in [0.2, 0.25) is 5.91 Å². The lowest BCUT2D eigenvalue weighted by molar-refractivity contribution is -0.125. The second-order valence-corrected chi connectivity index (χ2v) is 12.1. The van der Waals surface area contributed by atoms with Crippen molar-refractivity contribution in [1.82, 2.24) is 19.9 Å². The molecule has 10 nitrogen and oxygen atoms in total. The van der Waals surface area contributed by atoms with E-state index < -0.39 is 40.0 Å². The highest BCUT2D eigenvalue weighted by molar-refractivity contribution is 7.89. The summed E-state index contributed by atoms with van der Waals surface area (Å²) in [6.07, 6.45) is 1.05. The van der Waals surface area contributed by atoms with Crippen molar-refractivity contribution in [3.63, 3.8) is 0 Å². The van der Waals surface area contributed by atoms with E-state index in [-0.39, 0.29) is 35.7 Å². The number of sulfonamides is 1. The standard InChI is InChI=1S/C27H34N4O6S/c1-17(2)14-20(29-27(34)23-15-19-8-4-5-9-22(19)37-23)26(33)30-25-18(3)11-13-31(16-21(25)32)38(35,36)24-10-6-7-12-28-24/h4-10,12,15,17-18,20-21,25,32H,11,13-14,16H2,1-3H3,(H,29,34)(H,30,33)/t18?,20-,21+,25+/m1/s1. The number of amides is 2. The van der Waals surface area contributed by atoms with E-state index in [1.807, 2.05) is 39.0 Å². The van der Waals surface area contributed by atoms with Crippen LogP contribution >= 0.6 is 0 Å². The van der Waals surface area contributed by atoms with Crippen LogP contribution < -0.4 is 10.6 Å². The first-order valence-corrected chi connectivity index (χ1v) is 14.2. The molecule has 1 aliphatic rings. The van der Waals surface area contributed by atoms with Gasteiger partial charge in [0.1, 0.15) is 11.6 Å². The summed E-state index contributed by atoms with van der Waals surface area (Å²) in [5.41, 5.74) is 0.572. The summed E-state index contributed by atoms with van der Waals surface area (Å²) in [5.74, 6) is -0.976. The van der Waals surface area contributed by atoms with Crippen LogP contribution in [0.15, 0.2) is 64.2 Å². The number of hydrogen-bond donors (Lipinski definition) is 3. The molecule has 0 bridgehead atoms. The summed E-state index contributed by atoms with van der Waals surface area (Å²) in [4.78, 5) is 30.3. The lowest BCUT2D eigenvalue weighted by atomic mass is 9.94. The number of aliphatic hydroxyl groups is 1. The summed E-state index contributed by atoms with van der Waals surface area (Å²) in [6.45, 7) is 5.74. The van der Waals surface area contributed by atoms with Crippen molar-refractivity contribution in [2.24, 2.45) is 11.8 Å². The van der Waals surface area contributed by atoms with Crippen LogP contribution in [0.3, 0.4) is 0 Å². The number of aliphatic hydroxyl groups excluding tert-OH is 1. The quantitative estimate of drug-likeness (QED) is 0.397. The summed E-state index contributed by atoms with van der Waals surface area (Å²) in [7, 11) is -3.90. The Bertz CT molecular complexity index is 1340. The molecule has 4 rings (SSSR count). The molecule has 204 valence electrons. The van der Waals surface area contributed by atoms with Gasteiger partial charge in [-0.2, -0.15) is 4.31 Å². The number of hydrogen-bond acceptors (Lipinski definition) is 7. The maximum Gasteiger partial charge on any atom is 0.287 e. The van der Waals surface area contributed by atoms with E-state index in [0.717, 1.165) is 5.39 Å². The Labute approximate surface area is 222 Å². The largest absolute Gasteiger partial charge is 0.451 e. The number of β-amino-alcohol motifs (C(OH)–C–C–N with tert-alkyl or cyclic N) is 1. The van der Waals surface area contributed by atoms with Crippen molar-refractivity contribution in [3.05, 3.63) is 60.5 Å². The molecule has 4 atom stereocenters. The lowest BCUT2D eigenvalue weighted by Gasteiger charge is -2.30. The highest BCUT2D eigenvalue weighted by Gasteiger charge is 2.38. The second-order valence-electron chi connectivity index (χ2n) is 10.2. The van der Waals surface area contributed by atoms with Crippen molar-refractivity contribution < 1.29 is 27.5 Å². The third-order valence-electron chi connectivity index (χ3n) is 6.78. The van der Waals surface area contributed by atoms with E-state index in [1.165, 1.54) is 16.6 Å². The maximum atomic E-state index is 13.4. The van der Waals surface area contributed by atoms with Gasteiger partial charge in [0.25, 0.3) is 15.9 Å². The van der Waals surface area contributed by atoms with Crippen LogP contribution in [0, 0.1) is 11.8 Å². The summed E-state index contributed by atoms with van der Waals surface area (Å²) in [5, 5.41) is 17.4. The molecule has 0 saturated carbocycles. The minimum Gasteiger partial charge on any atom is -0.451 e. The first kappa shape index (κ1) is 27.7. The Morgan fingerprint density at radius 2 is 1.92 bits per heavy atom. The van der Waals surface area contributed by atoms with Crippen LogP contribution in [0.2, 0.25) is 0 Å². The average molecular weight is 543 g/mol. The predicted octanol–water partition coefficient (Wildman–Crippen LogP) is 2.55. The van der Waals surface area contributed by atoms with Crippen LogP contribution in [-0.2, 0) is 14.8 Å². The zero-order chi connectivity index (χ0) is 27.4. The van der Waals surface area contributed by atoms with E-state index in [1.54, 1.807) is 24.3 Å².